The number of thiophene rings is 1. The highest BCUT2D eigenvalue weighted by Crippen LogP contribution is 2.29. The van der Waals surface area contributed by atoms with E-state index in [2.05, 4.69) is 10.4 Å². The van der Waals surface area contributed by atoms with Gasteiger partial charge in [-0.2, -0.15) is 5.10 Å². The lowest BCUT2D eigenvalue weighted by molar-refractivity contribution is 0.102. The van der Waals surface area contributed by atoms with Crippen LogP contribution in [0, 0.1) is 0 Å². The van der Waals surface area contributed by atoms with Crippen LogP contribution in [0.2, 0.25) is 0 Å². The molecule has 0 aliphatic rings. The van der Waals surface area contributed by atoms with E-state index in [0.29, 0.717) is 28.0 Å². The summed E-state index contributed by atoms with van der Waals surface area (Å²) in [4.78, 5) is 19.1. The molecule has 4 rings (SSSR count). The summed E-state index contributed by atoms with van der Waals surface area (Å²) in [6.07, 6.45) is 1.66. The Morgan fingerprint density at radius 3 is 2.55 bits per heavy atom. The summed E-state index contributed by atoms with van der Waals surface area (Å²) in [7, 11) is -3.29. The molecule has 7 nitrogen and oxygen atoms in total. The molecule has 0 radical (unpaired) electrons. The number of carbonyl (C=O) groups excluding carboxylic acids is 1. The first kappa shape index (κ1) is 21.2. The number of amides is 1. The van der Waals surface area contributed by atoms with E-state index in [0.717, 1.165) is 4.88 Å². The van der Waals surface area contributed by atoms with E-state index in [1.54, 1.807) is 47.3 Å². The number of sulfone groups is 1. The maximum atomic E-state index is 13.2. The molecule has 3 aromatic heterocycles. The third-order valence-electron chi connectivity index (χ3n) is 4.93. The van der Waals surface area contributed by atoms with E-state index < -0.39 is 9.84 Å². The van der Waals surface area contributed by atoms with Gasteiger partial charge in [-0.3, -0.25) is 4.79 Å². The smallest absolute Gasteiger partial charge is 0.256 e. The van der Waals surface area contributed by atoms with Crippen molar-refractivity contribution in [1.82, 2.24) is 14.8 Å². The van der Waals surface area contributed by atoms with Crippen LogP contribution < -0.4 is 5.32 Å². The monoisotopic (exact) mass is 454 g/mol. The van der Waals surface area contributed by atoms with Crippen LogP contribution in [0.3, 0.4) is 0 Å². The molecule has 3 heterocycles. The molecule has 0 aliphatic carbocycles. The summed E-state index contributed by atoms with van der Waals surface area (Å²) < 4.78 is 25.8. The number of anilines is 1. The Hall–Kier alpha value is -3.04. The zero-order valence-corrected chi connectivity index (χ0v) is 19.0. The Morgan fingerprint density at radius 2 is 1.94 bits per heavy atom. The Bertz CT molecular complexity index is 1340. The largest absolute Gasteiger partial charge is 0.322 e. The molecule has 31 heavy (non-hydrogen) atoms. The topological polar surface area (TPSA) is 93.9 Å². The van der Waals surface area contributed by atoms with Crippen molar-refractivity contribution < 1.29 is 13.2 Å². The van der Waals surface area contributed by atoms with Gasteiger partial charge >= 0.3 is 0 Å². The summed E-state index contributed by atoms with van der Waals surface area (Å²) in [5.74, 6) is -0.279. The third-order valence-corrected chi connectivity index (χ3v) is 7.57. The lowest BCUT2D eigenvalue weighted by Crippen LogP contribution is -2.13. The molecule has 9 heteroatoms. The Morgan fingerprint density at radius 1 is 1.19 bits per heavy atom. The molecule has 4 aromatic rings. The van der Waals surface area contributed by atoms with Crippen LogP contribution in [0.15, 0.2) is 58.9 Å². The van der Waals surface area contributed by atoms with Crippen LogP contribution in [0.4, 0.5) is 5.69 Å². The molecule has 0 saturated carbocycles. The van der Waals surface area contributed by atoms with E-state index in [9.17, 15) is 13.2 Å². The standard InChI is InChI=1S/C22H22N4O3S2/c1-4-31(28,29)16-9-7-15(8-10-16)24-22(27)17-12-19(20-6-5-11-30-20)25-21-18(17)13-23-26(21)14(2)3/h5-14H,4H2,1-3H3,(H,24,27). The van der Waals surface area contributed by atoms with Crippen molar-refractivity contribution in [2.75, 3.05) is 11.1 Å². The summed E-state index contributed by atoms with van der Waals surface area (Å²) >= 11 is 1.55. The number of nitrogens with one attached hydrogen (secondary N) is 1. The zero-order valence-electron chi connectivity index (χ0n) is 17.4. The molecule has 0 aliphatic heterocycles. The van der Waals surface area contributed by atoms with Gasteiger partial charge in [-0.25, -0.2) is 18.1 Å². The highest BCUT2D eigenvalue weighted by Gasteiger charge is 2.19. The van der Waals surface area contributed by atoms with Crippen molar-refractivity contribution in [2.45, 2.75) is 31.7 Å². The molecule has 1 N–H and O–H groups in total. The average molecular weight is 455 g/mol. The normalized spacial score (nSPS) is 11.9. The molecule has 0 fully saturated rings. The fourth-order valence-electron chi connectivity index (χ4n) is 3.25. The third kappa shape index (κ3) is 4.11. The lowest BCUT2D eigenvalue weighted by Gasteiger charge is -2.11. The Labute approximate surface area is 184 Å². The summed E-state index contributed by atoms with van der Waals surface area (Å²) in [6, 6.07) is 12.0. The maximum Gasteiger partial charge on any atom is 0.256 e. The number of fused-ring (bicyclic) bond motifs is 1. The van der Waals surface area contributed by atoms with Gasteiger partial charge in [0.15, 0.2) is 15.5 Å². The number of hydrogen-bond donors (Lipinski definition) is 1. The van der Waals surface area contributed by atoms with Gasteiger partial charge in [-0.1, -0.05) is 13.0 Å². The zero-order chi connectivity index (χ0) is 22.2. The highest BCUT2D eigenvalue weighted by atomic mass is 32.2. The number of hydrogen-bond acceptors (Lipinski definition) is 6. The van der Waals surface area contributed by atoms with Gasteiger partial charge in [-0.15, -0.1) is 11.3 Å². The molecule has 0 unspecified atom stereocenters. The minimum atomic E-state index is -3.29. The molecule has 160 valence electrons. The van der Waals surface area contributed by atoms with Gasteiger partial charge in [0.25, 0.3) is 5.91 Å². The number of pyridine rings is 1. The molecule has 0 spiro atoms. The van der Waals surface area contributed by atoms with E-state index >= 15 is 0 Å². The predicted octanol–water partition coefficient (Wildman–Crippen LogP) is 4.79. The van der Waals surface area contributed by atoms with Crippen molar-refractivity contribution >= 4 is 43.8 Å². The van der Waals surface area contributed by atoms with Crippen molar-refractivity contribution in [1.29, 1.82) is 0 Å². The van der Waals surface area contributed by atoms with Crippen LogP contribution in [0.25, 0.3) is 21.6 Å². The number of benzene rings is 1. The average Bonchev–Trinajstić information content (AvgIpc) is 3.43. The van der Waals surface area contributed by atoms with E-state index in [1.165, 1.54) is 12.1 Å². The molecular weight excluding hydrogens is 432 g/mol. The van der Waals surface area contributed by atoms with Crippen molar-refractivity contribution in [3.63, 3.8) is 0 Å². The second-order valence-electron chi connectivity index (χ2n) is 7.33. The predicted molar refractivity (Wildman–Crippen MR) is 123 cm³/mol. The molecule has 0 atom stereocenters. The first-order chi connectivity index (χ1) is 14.8. The minimum absolute atomic E-state index is 0.0268. The van der Waals surface area contributed by atoms with Crippen molar-refractivity contribution in [3.8, 4) is 10.6 Å². The Kier molecular flexibility index (Phi) is 5.63. The molecule has 0 saturated heterocycles. The van der Waals surface area contributed by atoms with Crippen LogP contribution >= 0.6 is 11.3 Å². The molecule has 1 aromatic carbocycles. The maximum absolute atomic E-state index is 13.2. The van der Waals surface area contributed by atoms with E-state index in [1.807, 2.05) is 31.4 Å². The van der Waals surface area contributed by atoms with Crippen LogP contribution in [0.5, 0.6) is 0 Å². The SMILES string of the molecule is CCS(=O)(=O)c1ccc(NC(=O)c2cc(-c3cccs3)nc3c2cnn3C(C)C)cc1. The van der Waals surface area contributed by atoms with Gasteiger partial charge in [-0.05, 0) is 55.6 Å². The second kappa shape index (κ2) is 8.24. The van der Waals surface area contributed by atoms with E-state index in [-0.39, 0.29) is 22.6 Å². The van der Waals surface area contributed by atoms with Gasteiger partial charge in [0, 0.05) is 11.7 Å². The molecular formula is C22H22N4O3S2. The van der Waals surface area contributed by atoms with Crippen LogP contribution in [-0.2, 0) is 9.84 Å². The van der Waals surface area contributed by atoms with Crippen molar-refractivity contribution in [2.24, 2.45) is 0 Å². The lowest BCUT2D eigenvalue weighted by atomic mass is 10.1. The fourth-order valence-corrected chi connectivity index (χ4v) is 4.82. The first-order valence-corrected chi connectivity index (χ1v) is 12.4. The van der Waals surface area contributed by atoms with E-state index in [4.69, 9.17) is 4.98 Å². The van der Waals surface area contributed by atoms with Gasteiger partial charge in [0.05, 0.1) is 38.4 Å². The molecule has 0 bridgehead atoms. The van der Waals surface area contributed by atoms with Gasteiger partial charge in [0.1, 0.15) is 0 Å². The minimum Gasteiger partial charge on any atom is -0.322 e. The van der Waals surface area contributed by atoms with Crippen LogP contribution in [-0.4, -0.2) is 34.8 Å². The summed E-state index contributed by atoms with van der Waals surface area (Å²) in [5, 5.41) is 9.92. The first-order valence-electron chi connectivity index (χ1n) is 9.86. The molecule has 1 amide bonds. The van der Waals surface area contributed by atoms with Gasteiger partial charge < -0.3 is 5.32 Å². The Balaban J connectivity index is 1.74. The summed E-state index contributed by atoms with van der Waals surface area (Å²) in [6.45, 7) is 5.62. The quantitative estimate of drug-likeness (QED) is 0.452. The number of rotatable bonds is 6. The van der Waals surface area contributed by atoms with Crippen molar-refractivity contribution in [3.05, 3.63) is 59.6 Å². The van der Waals surface area contributed by atoms with Gasteiger partial charge in [0.2, 0.25) is 0 Å². The fraction of sp³-hybridized carbons (Fsp3) is 0.227. The van der Waals surface area contributed by atoms with Crippen LogP contribution in [0.1, 0.15) is 37.2 Å². The highest BCUT2D eigenvalue weighted by molar-refractivity contribution is 7.91. The number of carbonyl (C=O) groups is 1. The summed E-state index contributed by atoms with van der Waals surface area (Å²) in [5.41, 5.74) is 2.33. The number of aromatic nitrogens is 3. The number of nitrogens with zero attached hydrogens (tertiary/aromatic N) is 3. The second-order valence-corrected chi connectivity index (χ2v) is 10.6.